The molecule has 0 atom stereocenters. The molecule has 0 unspecified atom stereocenters. The zero-order valence-electron chi connectivity index (χ0n) is 12.1. The monoisotopic (exact) mass is 270 g/mol. The molecule has 2 heterocycles. The second-order valence-electron chi connectivity index (χ2n) is 5.57. The van der Waals surface area contributed by atoms with Crippen molar-refractivity contribution in [3.63, 3.8) is 0 Å². The summed E-state index contributed by atoms with van der Waals surface area (Å²) in [6, 6.07) is 6.67. The first-order valence-electron chi connectivity index (χ1n) is 7.66. The SMILES string of the molecule is CCC(=O)NCCCc1cn2c3c(cccc13)CCC2. The van der Waals surface area contributed by atoms with Crippen molar-refractivity contribution in [2.24, 2.45) is 0 Å². The molecule has 0 fully saturated rings. The van der Waals surface area contributed by atoms with Gasteiger partial charge in [-0.15, -0.1) is 0 Å². The van der Waals surface area contributed by atoms with Gasteiger partial charge in [0.25, 0.3) is 0 Å². The fourth-order valence-corrected chi connectivity index (χ4v) is 3.16. The van der Waals surface area contributed by atoms with Gasteiger partial charge in [-0.25, -0.2) is 0 Å². The largest absolute Gasteiger partial charge is 0.356 e. The van der Waals surface area contributed by atoms with Crippen molar-refractivity contribution in [3.05, 3.63) is 35.5 Å². The van der Waals surface area contributed by atoms with E-state index in [0.717, 1.165) is 25.9 Å². The molecule has 3 heteroatoms. The highest BCUT2D eigenvalue weighted by molar-refractivity contribution is 5.87. The van der Waals surface area contributed by atoms with E-state index < -0.39 is 0 Å². The fourth-order valence-electron chi connectivity index (χ4n) is 3.16. The third kappa shape index (κ3) is 2.45. The molecule has 0 bridgehead atoms. The smallest absolute Gasteiger partial charge is 0.219 e. The molecule has 1 amide bonds. The second kappa shape index (κ2) is 5.70. The van der Waals surface area contributed by atoms with Gasteiger partial charge in [-0.05, 0) is 36.8 Å². The lowest BCUT2D eigenvalue weighted by Crippen LogP contribution is -2.23. The molecule has 1 aliphatic heterocycles. The zero-order chi connectivity index (χ0) is 13.9. The molecule has 0 saturated heterocycles. The van der Waals surface area contributed by atoms with Crippen molar-refractivity contribution in [1.29, 1.82) is 0 Å². The molecule has 1 aromatic heterocycles. The van der Waals surface area contributed by atoms with Gasteiger partial charge in [0, 0.05) is 31.1 Å². The topological polar surface area (TPSA) is 34.0 Å². The molecule has 2 aromatic rings. The van der Waals surface area contributed by atoms with E-state index in [9.17, 15) is 4.79 Å². The first-order chi connectivity index (χ1) is 9.79. The molecule has 3 nitrogen and oxygen atoms in total. The average Bonchev–Trinajstić information content (AvgIpc) is 2.84. The Labute approximate surface area is 120 Å². The van der Waals surface area contributed by atoms with Crippen LogP contribution in [0.4, 0.5) is 0 Å². The molecular formula is C17H22N2O. The highest BCUT2D eigenvalue weighted by Gasteiger charge is 2.15. The summed E-state index contributed by atoms with van der Waals surface area (Å²) in [6.45, 7) is 3.80. The second-order valence-corrected chi connectivity index (χ2v) is 5.57. The van der Waals surface area contributed by atoms with Crippen molar-refractivity contribution >= 4 is 16.8 Å². The summed E-state index contributed by atoms with van der Waals surface area (Å²) in [5.41, 5.74) is 4.35. The number of carbonyl (C=O) groups is 1. The Bertz CT molecular complexity index is 627. The van der Waals surface area contributed by atoms with Crippen LogP contribution in [0.3, 0.4) is 0 Å². The average molecular weight is 270 g/mol. The van der Waals surface area contributed by atoms with Crippen LogP contribution in [0.15, 0.2) is 24.4 Å². The quantitative estimate of drug-likeness (QED) is 0.832. The summed E-state index contributed by atoms with van der Waals surface area (Å²) in [4.78, 5) is 11.2. The van der Waals surface area contributed by atoms with Gasteiger partial charge in [0.1, 0.15) is 0 Å². The lowest BCUT2D eigenvalue weighted by molar-refractivity contribution is -0.120. The van der Waals surface area contributed by atoms with Gasteiger partial charge >= 0.3 is 0 Å². The summed E-state index contributed by atoms with van der Waals surface area (Å²) in [6.07, 6.45) is 7.38. The molecule has 1 aromatic carbocycles. The minimum atomic E-state index is 0.146. The maximum absolute atomic E-state index is 11.2. The Balaban J connectivity index is 1.73. The third-order valence-electron chi connectivity index (χ3n) is 4.18. The number of para-hydroxylation sites is 1. The Morgan fingerprint density at radius 1 is 1.40 bits per heavy atom. The maximum atomic E-state index is 11.2. The minimum absolute atomic E-state index is 0.146. The van der Waals surface area contributed by atoms with E-state index in [0.29, 0.717) is 6.42 Å². The van der Waals surface area contributed by atoms with Gasteiger partial charge in [-0.2, -0.15) is 0 Å². The zero-order valence-corrected chi connectivity index (χ0v) is 12.1. The predicted octanol–water partition coefficient (Wildman–Crippen LogP) is 3.05. The van der Waals surface area contributed by atoms with Gasteiger partial charge in [-0.3, -0.25) is 4.79 Å². The van der Waals surface area contributed by atoms with E-state index in [1.807, 2.05) is 6.92 Å². The van der Waals surface area contributed by atoms with Crippen LogP contribution in [0, 0.1) is 0 Å². The van der Waals surface area contributed by atoms with Crippen LogP contribution < -0.4 is 5.32 Å². The van der Waals surface area contributed by atoms with Crippen molar-refractivity contribution < 1.29 is 4.79 Å². The minimum Gasteiger partial charge on any atom is -0.356 e. The molecule has 1 aliphatic rings. The number of hydrogen-bond acceptors (Lipinski definition) is 1. The molecule has 0 radical (unpaired) electrons. The first kappa shape index (κ1) is 13.2. The molecule has 0 spiro atoms. The number of nitrogens with one attached hydrogen (secondary N) is 1. The van der Waals surface area contributed by atoms with Crippen molar-refractivity contribution in [3.8, 4) is 0 Å². The van der Waals surface area contributed by atoms with Crippen molar-refractivity contribution in [1.82, 2.24) is 9.88 Å². The summed E-state index contributed by atoms with van der Waals surface area (Å²) in [5.74, 6) is 0.146. The van der Waals surface area contributed by atoms with Crippen LogP contribution >= 0.6 is 0 Å². The summed E-state index contributed by atoms with van der Waals surface area (Å²) in [5, 5.41) is 4.36. The number of rotatable bonds is 5. The normalized spacial score (nSPS) is 13.7. The number of aryl methyl sites for hydroxylation is 3. The summed E-state index contributed by atoms with van der Waals surface area (Å²) in [7, 11) is 0. The van der Waals surface area contributed by atoms with Crippen LogP contribution in [-0.4, -0.2) is 17.0 Å². The Kier molecular flexibility index (Phi) is 3.77. The van der Waals surface area contributed by atoms with Crippen LogP contribution in [0.2, 0.25) is 0 Å². The molecule has 106 valence electrons. The number of amides is 1. The predicted molar refractivity (Wildman–Crippen MR) is 81.9 cm³/mol. The summed E-state index contributed by atoms with van der Waals surface area (Å²) >= 11 is 0. The van der Waals surface area contributed by atoms with E-state index in [-0.39, 0.29) is 5.91 Å². The van der Waals surface area contributed by atoms with Crippen LogP contribution in [0.1, 0.15) is 37.3 Å². The Hall–Kier alpha value is -1.77. The molecule has 3 rings (SSSR count). The van der Waals surface area contributed by atoms with Gasteiger partial charge in [0.05, 0.1) is 5.52 Å². The number of hydrogen-bond donors (Lipinski definition) is 1. The van der Waals surface area contributed by atoms with Gasteiger partial charge in [0.15, 0.2) is 0 Å². The standard InChI is InChI=1S/C17H22N2O/c1-2-16(20)18-10-4-7-14-12-19-11-5-8-13-6-3-9-15(14)17(13)19/h3,6,9,12H,2,4-5,7-8,10-11H2,1H3,(H,18,20). The molecular weight excluding hydrogens is 248 g/mol. The van der Waals surface area contributed by atoms with Crippen molar-refractivity contribution in [2.75, 3.05) is 6.54 Å². The van der Waals surface area contributed by atoms with Crippen LogP contribution in [-0.2, 0) is 24.2 Å². The number of carbonyl (C=O) groups excluding carboxylic acids is 1. The summed E-state index contributed by atoms with van der Waals surface area (Å²) < 4.78 is 2.41. The number of benzene rings is 1. The Morgan fingerprint density at radius 2 is 2.30 bits per heavy atom. The van der Waals surface area contributed by atoms with Gasteiger partial charge in [0.2, 0.25) is 5.91 Å². The lowest BCUT2D eigenvalue weighted by Gasteiger charge is -2.14. The Morgan fingerprint density at radius 3 is 3.15 bits per heavy atom. The van der Waals surface area contributed by atoms with E-state index >= 15 is 0 Å². The molecule has 20 heavy (non-hydrogen) atoms. The highest BCUT2D eigenvalue weighted by atomic mass is 16.1. The van der Waals surface area contributed by atoms with Gasteiger partial charge in [-0.1, -0.05) is 25.1 Å². The van der Waals surface area contributed by atoms with E-state index in [2.05, 4.69) is 34.3 Å². The number of nitrogens with zero attached hydrogens (tertiary/aromatic N) is 1. The third-order valence-corrected chi connectivity index (χ3v) is 4.18. The van der Waals surface area contributed by atoms with Crippen molar-refractivity contribution in [2.45, 2.75) is 45.6 Å². The van der Waals surface area contributed by atoms with E-state index in [1.54, 1.807) is 0 Å². The van der Waals surface area contributed by atoms with Crippen LogP contribution in [0.25, 0.3) is 10.9 Å². The first-order valence-corrected chi connectivity index (χ1v) is 7.66. The molecule has 0 saturated carbocycles. The molecule has 0 aliphatic carbocycles. The van der Waals surface area contributed by atoms with Crippen LogP contribution in [0.5, 0.6) is 0 Å². The highest BCUT2D eigenvalue weighted by Crippen LogP contribution is 2.29. The van der Waals surface area contributed by atoms with Gasteiger partial charge < -0.3 is 9.88 Å². The van der Waals surface area contributed by atoms with E-state index in [4.69, 9.17) is 0 Å². The number of aromatic nitrogens is 1. The lowest BCUT2D eigenvalue weighted by atomic mass is 10.0. The van der Waals surface area contributed by atoms with E-state index in [1.165, 1.54) is 34.9 Å². The molecule has 1 N–H and O–H groups in total. The fraction of sp³-hybridized carbons (Fsp3) is 0.471. The maximum Gasteiger partial charge on any atom is 0.219 e.